The highest BCUT2D eigenvalue weighted by Gasteiger charge is 2.24. The summed E-state index contributed by atoms with van der Waals surface area (Å²) in [7, 11) is 0. The largest absolute Gasteiger partial charge is 0.409 e. The Morgan fingerprint density at radius 1 is 1.24 bits per heavy atom. The lowest BCUT2D eigenvalue weighted by Crippen LogP contribution is -1.98. The molecule has 0 bridgehead atoms. The number of aromatic amines is 1. The Balaban J connectivity index is 2.18. The van der Waals surface area contributed by atoms with Crippen molar-refractivity contribution in [2.24, 2.45) is 0 Å². The quantitative estimate of drug-likeness (QED) is 0.688. The summed E-state index contributed by atoms with van der Waals surface area (Å²) in [6, 6.07) is 4.31. The van der Waals surface area contributed by atoms with Gasteiger partial charge in [-0.2, -0.15) is 0 Å². The van der Waals surface area contributed by atoms with E-state index in [1.165, 1.54) is 22.4 Å². The fourth-order valence-corrected chi connectivity index (χ4v) is 3.47. The molecule has 1 aromatic carbocycles. The molecular weight excluding hydrogens is 282 g/mol. The highest BCUT2D eigenvalue weighted by molar-refractivity contribution is 7.71. The van der Waals surface area contributed by atoms with Crippen LogP contribution < -0.4 is 0 Å². The highest BCUT2D eigenvalue weighted by atomic mass is 32.1. The molecule has 1 aliphatic rings. The first-order chi connectivity index (χ1) is 10.1. The van der Waals surface area contributed by atoms with Gasteiger partial charge in [0.25, 0.3) is 4.84 Å². The molecular formula is C16H15N3OS. The van der Waals surface area contributed by atoms with Gasteiger partial charge in [-0.05, 0) is 68.1 Å². The fraction of sp³-hybridized carbons (Fsp3) is 0.312. The molecule has 2 heterocycles. The summed E-state index contributed by atoms with van der Waals surface area (Å²) >= 11 is 5.04. The van der Waals surface area contributed by atoms with Crippen LogP contribution in [0.25, 0.3) is 22.4 Å². The minimum Gasteiger partial charge on any atom is -0.409 e. The number of fused-ring (bicyclic) bond motifs is 2. The molecule has 2 aromatic heterocycles. The second-order valence-corrected chi connectivity index (χ2v) is 6.03. The van der Waals surface area contributed by atoms with Gasteiger partial charge in [0.05, 0.1) is 11.1 Å². The third kappa shape index (κ3) is 1.92. The van der Waals surface area contributed by atoms with Crippen molar-refractivity contribution in [3.8, 4) is 11.5 Å². The van der Waals surface area contributed by atoms with Gasteiger partial charge in [0.1, 0.15) is 0 Å². The van der Waals surface area contributed by atoms with Gasteiger partial charge in [-0.1, -0.05) is 6.07 Å². The molecule has 0 atom stereocenters. The molecule has 106 valence electrons. The lowest BCUT2D eigenvalue weighted by atomic mass is 9.96. The Hall–Kier alpha value is -2.01. The van der Waals surface area contributed by atoms with E-state index in [-0.39, 0.29) is 0 Å². The summed E-state index contributed by atoms with van der Waals surface area (Å²) in [6.07, 6.45) is 3.18. The predicted molar refractivity (Wildman–Crippen MR) is 83.9 cm³/mol. The first-order valence-electron chi connectivity index (χ1n) is 7.12. The van der Waals surface area contributed by atoms with Crippen LogP contribution >= 0.6 is 12.2 Å². The number of aromatic nitrogens is 3. The Morgan fingerprint density at radius 3 is 2.86 bits per heavy atom. The fourth-order valence-electron chi connectivity index (χ4n) is 3.35. The minimum absolute atomic E-state index is 0.312. The number of pyridine rings is 1. The average molecular weight is 297 g/mol. The van der Waals surface area contributed by atoms with Crippen LogP contribution in [0.3, 0.4) is 0 Å². The molecule has 0 amide bonds. The van der Waals surface area contributed by atoms with Gasteiger partial charge in [-0.25, -0.2) is 5.10 Å². The van der Waals surface area contributed by atoms with E-state index in [0.29, 0.717) is 10.7 Å². The molecule has 0 radical (unpaired) electrons. The van der Waals surface area contributed by atoms with Crippen LogP contribution in [0.2, 0.25) is 0 Å². The maximum absolute atomic E-state index is 5.61. The van der Waals surface area contributed by atoms with Crippen LogP contribution in [0.15, 0.2) is 16.5 Å². The lowest BCUT2D eigenvalue weighted by Gasteiger charge is -2.12. The SMILES string of the molecule is Cc1cc(C)c2c(-c3n[nH]c(=S)o3)c3c(nc2c1)CCC3. The van der Waals surface area contributed by atoms with E-state index >= 15 is 0 Å². The maximum atomic E-state index is 5.61. The van der Waals surface area contributed by atoms with E-state index in [0.717, 1.165) is 35.7 Å². The first-order valence-corrected chi connectivity index (χ1v) is 7.53. The van der Waals surface area contributed by atoms with E-state index < -0.39 is 0 Å². The topological polar surface area (TPSA) is 54.7 Å². The molecule has 21 heavy (non-hydrogen) atoms. The number of nitrogens with zero attached hydrogens (tertiary/aromatic N) is 2. The molecule has 1 N–H and O–H groups in total. The molecule has 1 aliphatic carbocycles. The number of benzene rings is 1. The van der Waals surface area contributed by atoms with Crippen LogP contribution in [-0.2, 0) is 12.8 Å². The average Bonchev–Trinajstić information content (AvgIpc) is 3.04. The number of nitrogens with one attached hydrogen (secondary N) is 1. The second kappa shape index (κ2) is 4.49. The van der Waals surface area contributed by atoms with Gasteiger partial charge < -0.3 is 4.42 Å². The number of hydrogen-bond donors (Lipinski definition) is 1. The van der Waals surface area contributed by atoms with Crippen molar-refractivity contribution >= 4 is 23.1 Å². The van der Waals surface area contributed by atoms with Crippen molar-refractivity contribution in [3.05, 3.63) is 39.4 Å². The first kappa shape index (κ1) is 12.7. The minimum atomic E-state index is 0.312. The molecule has 4 nitrogen and oxygen atoms in total. The molecule has 0 spiro atoms. The molecule has 4 rings (SSSR count). The van der Waals surface area contributed by atoms with Crippen molar-refractivity contribution in [2.45, 2.75) is 33.1 Å². The Bertz CT molecular complexity index is 923. The number of hydrogen-bond acceptors (Lipinski definition) is 4. The standard InChI is InChI=1S/C16H15N3OS/c1-8-6-9(2)13-12(7-8)17-11-5-3-4-10(11)14(13)15-18-19-16(21)20-15/h6-7H,3-5H2,1-2H3,(H,19,21). The maximum Gasteiger partial charge on any atom is 0.284 e. The second-order valence-electron chi connectivity index (χ2n) is 5.66. The summed E-state index contributed by atoms with van der Waals surface area (Å²) < 4.78 is 5.61. The van der Waals surface area contributed by atoms with Crippen molar-refractivity contribution < 1.29 is 4.42 Å². The van der Waals surface area contributed by atoms with Crippen LogP contribution in [0.1, 0.15) is 28.8 Å². The van der Waals surface area contributed by atoms with E-state index in [1.807, 2.05) is 0 Å². The van der Waals surface area contributed by atoms with E-state index in [2.05, 4.69) is 36.2 Å². The highest BCUT2D eigenvalue weighted by Crippen LogP contribution is 2.38. The molecule has 0 fully saturated rings. The van der Waals surface area contributed by atoms with Crippen molar-refractivity contribution in [3.63, 3.8) is 0 Å². The van der Waals surface area contributed by atoms with E-state index in [9.17, 15) is 0 Å². The Labute approximate surface area is 127 Å². The Kier molecular flexibility index (Phi) is 2.72. The molecule has 0 unspecified atom stereocenters. The number of aryl methyl sites for hydroxylation is 3. The molecule has 5 heteroatoms. The van der Waals surface area contributed by atoms with Gasteiger partial charge in [0.2, 0.25) is 5.89 Å². The smallest absolute Gasteiger partial charge is 0.284 e. The van der Waals surface area contributed by atoms with Gasteiger partial charge in [-0.15, -0.1) is 5.10 Å². The molecule has 0 saturated carbocycles. The summed E-state index contributed by atoms with van der Waals surface area (Å²) in [5.74, 6) is 0.581. The normalized spacial score (nSPS) is 13.8. The van der Waals surface area contributed by atoms with Gasteiger partial charge >= 0.3 is 0 Å². The zero-order valence-corrected chi connectivity index (χ0v) is 12.8. The van der Waals surface area contributed by atoms with Crippen molar-refractivity contribution in [2.75, 3.05) is 0 Å². The van der Waals surface area contributed by atoms with Crippen LogP contribution in [0, 0.1) is 18.7 Å². The Morgan fingerprint density at radius 2 is 2.10 bits per heavy atom. The number of rotatable bonds is 1. The zero-order chi connectivity index (χ0) is 14.6. The summed E-state index contributed by atoms with van der Waals surface area (Å²) in [4.78, 5) is 5.18. The number of H-pyrrole nitrogens is 1. The summed E-state index contributed by atoms with van der Waals surface area (Å²) in [5, 5.41) is 8.12. The summed E-state index contributed by atoms with van der Waals surface area (Å²) in [6.45, 7) is 4.21. The van der Waals surface area contributed by atoms with Gasteiger partial charge in [-0.3, -0.25) is 4.98 Å². The van der Waals surface area contributed by atoms with E-state index in [4.69, 9.17) is 21.6 Å². The van der Waals surface area contributed by atoms with Crippen molar-refractivity contribution in [1.29, 1.82) is 0 Å². The third-order valence-electron chi connectivity index (χ3n) is 4.11. The van der Waals surface area contributed by atoms with Crippen molar-refractivity contribution in [1.82, 2.24) is 15.2 Å². The zero-order valence-electron chi connectivity index (χ0n) is 12.0. The third-order valence-corrected chi connectivity index (χ3v) is 4.28. The van der Waals surface area contributed by atoms with E-state index in [1.54, 1.807) is 0 Å². The monoisotopic (exact) mass is 297 g/mol. The summed E-state index contributed by atoms with van der Waals surface area (Å²) in [5.41, 5.74) is 6.95. The molecule has 0 saturated heterocycles. The van der Waals surface area contributed by atoms with Crippen LogP contribution in [0.5, 0.6) is 0 Å². The lowest BCUT2D eigenvalue weighted by molar-refractivity contribution is 0.552. The molecule has 3 aromatic rings. The molecule has 0 aliphatic heterocycles. The van der Waals surface area contributed by atoms with Crippen LogP contribution in [0.4, 0.5) is 0 Å². The predicted octanol–water partition coefficient (Wildman–Crippen LogP) is 4.05. The van der Waals surface area contributed by atoms with Crippen LogP contribution in [-0.4, -0.2) is 15.2 Å². The van der Waals surface area contributed by atoms with Gasteiger partial charge in [0, 0.05) is 11.1 Å². The van der Waals surface area contributed by atoms with Gasteiger partial charge in [0.15, 0.2) is 0 Å².